The molecule has 0 unspecified atom stereocenters. The van der Waals surface area contributed by atoms with Gasteiger partial charge < -0.3 is 18.6 Å². The number of nitrogens with one attached hydrogen (secondary N) is 1. The highest BCUT2D eigenvalue weighted by molar-refractivity contribution is 7.89. The topological polar surface area (TPSA) is 90.2 Å². The normalized spacial score (nSPS) is 18.8. The van der Waals surface area contributed by atoms with E-state index in [-0.39, 0.29) is 24.3 Å². The Bertz CT molecular complexity index is 846. The highest BCUT2D eigenvalue weighted by Crippen LogP contribution is 2.34. The summed E-state index contributed by atoms with van der Waals surface area (Å²) in [6.07, 6.45) is 1.59. The summed E-state index contributed by atoms with van der Waals surface area (Å²) in [4.78, 5) is 2.30. The molecule has 1 aromatic heterocycles. The number of sulfonamides is 1. The Labute approximate surface area is 151 Å². The number of benzene rings is 1. The summed E-state index contributed by atoms with van der Waals surface area (Å²) >= 11 is 0. The molecule has 3 heterocycles. The van der Waals surface area contributed by atoms with Gasteiger partial charge >= 0.3 is 0 Å². The number of furan rings is 1. The van der Waals surface area contributed by atoms with Crippen molar-refractivity contribution >= 4 is 10.0 Å². The van der Waals surface area contributed by atoms with E-state index in [1.807, 2.05) is 6.07 Å². The van der Waals surface area contributed by atoms with Gasteiger partial charge in [-0.15, -0.1) is 0 Å². The lowest BCUT2D eigenvalue weighted by Gasteiger charge is -2.33. The summed E-state index contributed by atoms with van der Waals surface area (Å²) in [5.41, 5.74) is 0. The quantitative estimate of drug-likeness (QED) is 0.809. The highest BCUT2D eigenvalue weighted by Gasteiger charge is 2.27. The van der Waals surface area contributed by atoms with E-state index in [4.69, 9.17) is 18.6 Å². The molecular weight excluding hydrogens is 360 g/mol. The van der Waals surface area contributed by atoms with Crippen molar-refractivity contribution in [3.8, 4) is 11.5 Å². The van der Waals surface area contributed by atoms with Crippen LogP contribution in [0.1, 0.15) is 11.8 Å². The third-order valence-electron chi connectivity index (χ3n) is 4.48. The van der Waals surface area contributed by atoms with Crippen LogP contribution in [0.2, 0.25) is 0 Å². The summed E-state index contributed by atoms with van der Waals surface area (Å²) in [5, 5.41) is 0. The summed E-state index contributed by atoms with van der Waals surface area (Å²) in [6.45, 7) is 2.97. The molecule has 0 amide bonds. The van der Waals surface area contributed by atoms with E-state index in [1.165, 1.54) is 12.1 Å². The molecule has 140 valence electrons. The van der Waals surface area contributed by atoms with Crippen molar-refractivity contribution in [1.82, 2.24) is 9.62 Å². The number of ether oxygens (including phenoxy) is 3. The Morgan fingerprint density at radius 1 is 1.12 bits per heavy atom. The molecule has 1 atom stereocenters. The molecule has 0 aliphatic carbocycles. The molecule has 0 radical (unpaired) electrons. The maximum absolute atomic E-state index is 12.7. The molecule has 0 spiro atoms. The zero-order chi connectivity index (χ0) is 18.0. The second-order valence-electron chi connectivity index (χ2n) is 6.05. The van der Waals surface area contributed by atoms with E-state index in [0.29, 0.717) is 24.7 Å². The highest BCUT2D eigenvalue weighted by atomic mass is 32.2. The third-order valence-corrected chi connectivity index (χ3v) is 5.90. The van der Waals surface area contributed by atoms with Crippen LogP contribution in [0, 0.1) is 0 Å². The first-order valence-corrected chi connectivity index (χ1v) is 9.86. The number of morpholine rings is 1. The molecule has 1 N–H and O–H groups in total. The Kier molecular flexibility index (Phi) is 4.86. The van der Waals surface area contributed by atoms with E-state index in [9.17, 15) is 8.42 Å². The van der Waals surface area contributed by atoms with Crippen LogP contribution in [0.5, 0.6) is 11.5 Å². The molecule has 1 fully saturated rings. The van der Waals surface area contributed by atoms with Crippen molar-refractivity contribution in [3.63, 3.8) is 0 Å². The maximum Gasteiger partial charge on any atom is 0.240 e. The van der Waals surface area contributed by atoms with Gasteiger partial charge in [0.05, 0.1) is 30.4 Å². The van der Waals surface area contributed by atoms with Crippen LogP contribution in [0.25, 0.3) is 0 Å². The molecule has 2 aromatic rings. The predicted octanol–water partition coefficient (Wildman–Crippen LogP) is 1.36. The van der Waals surface area contributed by atoms with Crippen LogP contribution < -0.4 is 14.2 Å². The number of hydrogen-bond acceptors (Lipinski definition) is 7. The minimum Gasteiger partial charge on any atom is -0.468 e. The van der Waals surface area contributed by atoms with Gasteiger partial charge in [-0.2, -0.15) is 0 Å². The van der Waals surface area contributed by atoms with Crippen LogP contribution in [0.4, 0.5) is 0 Å². The number of rotatable bonds is 6. The van der Waals surface area contributed by atoms with Crippen molar-refractivity contribution in [2.45, 2.75) is 10.9 Å². The molecular formula is C17H20N2O6S. The Morgan fingerprint density at radius 2 is 1.92 bits per heavy atom. The molecule has 2 aliphatic heterocycles. The first-order valence-electron chi connectivity index (χ1n) is 8.38. The van der Waals surface area contributed by atoms with Crippen LogP contribution >= 0.6 is 0 Å². The second-order valence-corrected chi connectivity index (χ2v) is 7.81. The monoisotopic (exact) mass is 380 g/mol. The Morgan fingerprint density at radius 3 is 2.69 bits per heavy atom. The van der Waals surface area contributed by atoms with Crippen LogP contribution in [0.3, 0.4) is 0 Å². The zero-order valence-electron chi connectivity index (χ0n) is 14.1. The standard InChI is InChI=1S/C17H20N2O6S/c20-26(21,13-3-4-16-17(10-13)25-12-24-16)18-11-14(15-2-1-7-23-15)19-5-8-22-9-6-19/h1-4,7,10,14,18H,5-6,8-9,11-12H2/t14-/m1/s1. The number of hydrogen-bond donors (Lipinski definition) is 1. The molecule has 2 aliphatic rings. The van der Waals surface area contributed by atoms with Crippen molar-refractivity contribution in [1.29, 1.82) is 0 Å². The molecule has 0 saturated carbocycles. The van der Waals surface area contributed by atoms with Crippen LogP contribution in [-0.4, -0.2) is 53.0 Å². The van der Waals surface area contributed by atoms with E-state index in [2.05, 4.69) is 9.62 Å². The third kappa shape index (κ3) is 3.56. The van der Waals surface area contributed by atoms with Gasteiger partial charge in [0.25, 0.3) is 0 Å². The average molecular weight is 380 g/mol. The van der Waals surface area contributed by atoms with E-state index in [1.54, 1.807) is 18.4 Å². The fourth-order valence-electron chi connectivity index (χ4n) is 3.10. The van der Waals surface area contributed by atoms with Gasteiger partial charge in [0.2, 0.25) is 16.8 Å². The van der Waals surface area contributed by atoms with Crippen molar-refractivity contribution in [2.75, 3.05) is 39.6 Å². The lowest BCUT2D eigenvalue weighted by Crippen LogP contribution is -2.43. The SMILES string of the molecule is O=S(=O)(NC[C@H](c1ccco1)N1CCOCC1)c1ccc2c(c1)OCO2. The van der Waals surface area contributed by atoms with Crippen molar-refractivity contribution in [2.24, 2.45) is 0 Å². The van der Waals surface area contributed by atoms with E-state index >= 15 is 0 Å². The maximum atomic E-state index is 12.7. The smallest absolute Gasteiger partial charge is 0.240 e. The summed E-state index contributed by atoms with van der Waals surface area (Å²) < 4.78 is 49.5. The fourth-order valence-corrected chi connectivity index (χ4v) is 4.15. The van der Waals surface area contributed by atoms with E-state index < -0.39 is 10.0 Å². The predicted molar refractivity (Wildman–Crippen MR) is 91.6 cm³/mol. The molecule has 8 nitrogen and oxygen atoms in total. The Balaban J connectivity index is 1.51. The Hall–Kier alpha value is -2.07. The molecule has 1 aromatic carbocycles. The largest absolute Gasteiger partial charge is 0.468 e. The number of nitrogens with zero attached hydrogens (tertiary/aromatic N) is 1. The lowest BCUT2D eigenvalue weighted by atomic mass is 10.2. The van der Waals surface area contributed by atoms with Gasteiger partial charge in [0, 0.05) is 25.7 Å². The van der Waals surface area contributed by atoms with Crippen molar-refractivity contribution < 1.29 is 27.0 Å². The lowest BCUT2D eigenvalue weighted by molar-refractivity contribution is 0.0128. The fraction of sp³-hybridized carbons (Fsp3) is 0.412. The molecule has 9 heteroatoms. The van der Waals surface area contributed by atoms with Crippen LogP contribution in [0.15, 0.2) is 45.9 Å². The first-order chi connectivity index (χ1) is 12.6. The number of fused-ring (bicyclic) bond motifs is 1. The van der Waals surface area contributed by atoms with Crippen molar-refractivity contribution in [3.05, 3.63) is 42.4 Å². The molecule has 4 rings (SSSR count). The van der Waals surface area contributed by atoms with Gasteiger partial charge in [-0.1, -0.05) is 0 Å². The summed E-state index contributed by atoms with van der Waals surface area (Å²) in [7, 11) is -3.69. The van der Waals surface area contributed by atoms with Gasteiger partial charge in [-0.25, -0.2) is 13.1 Å². The minimum atomic E-state index is -3.69. The summed E-state index contributed by atoms with van der Waals surface area (Å²) in [5.74, 6) is 1.70. The second kappa shape index (κ2) is 7.28. The van der Waals surface area contributed by atoms with Gasteiger partial charge in [-0.05, 0) is 24.3 Å². The molecule has 1 saturated heterocycles. The minimum absolute atomic E-state index is 0.101. The summed E-state index contributed by atoms with van der Waals surface area (Å²) in [6, 6.07) is 8.04. The zero-order valence-corrected chi connectivity index (χ0v) is 14.9. The van der Waals surface area contributed by atoms with E-state index in [0.717, 1.165) is 18.8 Å². The van der Waals surface area contributed by atoms with Gasteiger partial charge in [0.15, 0.2) is 11.5 Å². The molecule has 26 heavy (non-hydrogen) atoms. The average Bonchev–Trinajstić information content (AvgIpc) is 3.34. The van der Waals surface area contributed by atoms with Gasteiger partial charge in [0.1, 0.15) is 5.76 Å². The van der Waals surface area contributed by atoms with Crippen LogP contribution in [-0.2, 0) is 14.8 Å². The molecule has 0 bridgehead atoms. The van der Waals surface area contributed by atoms with Gasteiger partial charge in [-0.3, -0.25) is 4.90 Å². The first kappa shape index (κ1) is 17.3.